The Bertz CT molecular complexity index is 1130. The first-order chi connectivity index (χ1) is 13.8. The molecule has 0 N–H and O–H groups in total. The van der Waals surface area contributed by atoms with Gasteiger partial charge >= 0.3 is 0 Å². The van der Waals surface area contributed by atoms with Gasteiger partial charge in [0.05, 0.1) is 30.3 Å². The van der Waals surface area contributed by atoms with Crippen LogP contribution in [0.5, 0.6) is 0 Å². The maximum Gasteiger partial charge on any atom is 0.141 e. The monoisotopic (exact) mass is 368 g/mol. The molecule has 136 valence electrons. The third kappa shape index (κ3) is 2.90. The van der Waals surface area contributed by atoms with E-state index in [2.05, 4.69) is 37.0 Å². The van der Waals surface area contributed by atoms with Crippen molar-refractivity contribution in [1.29, 1.82) is 5.26 Å². The number of aliphatic imine (C=N–C) groups is 1. The maximum absolute atomic E-state index is 9.09. The van der Waals surface area contributed by atoms with E-state index in [0.717, 1.165) is 52.7 Å². The van der Waals surface area contributed by atoms with Crippen LogP contribution in [-0.2, 0) is 4.74 Å². The Hall–Kier alpha value is -3.63. The molecule has 1 saturated heterocycles. The van der Waals surface area contributed by atoms with E-state index < -0.39 is 0 Å². The second kappa shape index (κ2) is 6.83. The van der Waals surface area contributed by atoms with E-state index >= 15 is 0 Å². The average Bonchev–Trinajstić information content (AvgIpc) is 2.75. The molecular formula is C21H16N6O. The van der Waals surface area contributed by atoms with Crippen molar-refractivity contribution < 1.29 is 4.74 Å². The topological polar surface area (TPSA) is 87.3 Å². The van der Waals surface area contributed by atoms with Crippen molar-refractivity contribution in [3.8, 4) is 17.2 Å². The fourth-order valence-corrected chi connectivity index (χ4v) is 3.44. The second-order valence-corrected chi connectivity index (χ2v) is 6.59. The highest BCUT2D eigenvalue weighted by atomic mass is 16.5. The van der Waals surface area contributed by atoms with Crippen molar-refractivity contribution in [2.45, 2.75) is 0 Å². The SMILES string of the molecule is N#Cc1cc(-c2ccc3c(c2)C(c2cc(N4CCOCC4)ncn2)=N3)ccn1. The van der Waals surface area contributed by atoms with Gasteiger partial charge in [-0.3, -0.25) is 0 Å². The van der Waals surface area contributed by atoms with Gasteiger partial charge in [0.2, 0.25) is 0 Å². The normalized spacial score (nSPS) is 15.2. The van der Waals surface area contributed by atoms with Gasteiger partial charge in [-0.2, -0.15) is 5.26 Å². The smallest absolute Gasteiger partial charge is 0.141 e. The van der Waals surface area contributed by atoms with Crippen LogP contribution in [0.4, 0.5) is 11.5 Å². The van der Waals surface area contributed by atoms with Crippen molar-refractivity contribution in [3.63, 3.8) is 0 Å². The first-order valence-corrected chi connectivity index (χ1v) is 9.06. The number of hydrogen-bond acceptors (Lipinski definition) is 7. The van der Waals surface area contributed by atoms with E-state index in [1.54, 1.807) is 18.6 Å². The van der Waals surface area contributed by atoms with Crippen LogP contribution in [0.15, 0.2) is 53.9 Å². The fourth-order valence-electron chi connectivity index (χ4n) is 3.44. The van der Waals surface area contributed by atoms with Crippen LogP contribution in [0.25, 0.3) is 11.1 Å². The Morgan fingerprint density at radius 1 is 0.964 bits per heavy atom. The quantitative estimate of drug-likeness (QED) is 0.553. The number of nitrogens with zero attached hydrogens (tertiary/aromatic N) is 6. The van der Waals surface area contributed by atoms with Crippen LogP contribution < -0.4 is 4.90 Å². The highest BCUT2D eigenvalue weighted by Gasteiger charge is 2.23. The van der Waals surface area contributed by atoms with Gasteiger partial charge in [-0.1, -0.05) is 6.07 Å². The summed E-state index contributed by atoms with van der Waals surface area (Å²) in [5, 5.41) is 9.09. The lowest BCUT2D eigenvalue weighted by atomic mass is 9.94. The number of aromatic nitrogens is 3. The molecule has 2 aliphatic rings. The van der Waals surface area contributed by atoms with Gasteiger partial charge in [0.25, 0.3) is 0 Å². The molecule has 0 aliphatic carbocycles. The Balaban J connectivity index is 1.46. The number of ether oxygens (including phenoxy) is 1. The number of nitriles is 1. The molecule has 0 radical (unpaired) electrons. The third-order valence-corrected chi connectivity index (χ3v) is 4.92. The van der Waals surface area contributed by atoms with Gasteiger partial charge in [0, 0.05) is 30.9 Å². The van der Waals surface area contributed by atoms with Crippen LogP contribution in [0.2, 0.25) is 0 Å². The molecule has 28 heavy (non-hydrogen) atoms. The zero-order valence-corrected chi connectivity index (χ0v) is 15.0. The molecule has 3 aromatic rings. The number of benzene rings is 1. The van der Waals surface area contributed by atoms with E-state index in [4.69, 9.17) is 10.00 Å². The van der Waals surface area contributed by atoms with E-state index in [-0.39, 0.29) is 0 Å². The molecule has 7 nitrogen and oxygen atoms in total. The number of hydrogen-bond donors (Lipinski definition) is 0. The summed E-state index contributed by atoms with van der Waals surface area (Å²) in [6.07, 6.45) is 3.24. The molecule has 5 rings (SSSR count). The fraction of sp³-hybridized carbons (Fsp3) is 0.190. The summed E-state index contributed by atoms with van der Waals surface area (Å²) in [6, 6.07) is 13.8. The van der Waals surface area contributed by atoms with Crippen LogP contribution >= 0.6 is 0 Å². The van der Waals surface area contributed by atoms with E-state index in [0.29, 0.717) is 18.9 Å². The van der Waals surface area contributed by atoms with E-state index in [1.165, 1.54) is 0 Å². The van der Waals surface area contributed by atoms with Crippen molar-refractivity contribution >= 4 is 17.2 Å². The summed E-state index contributed by atoms with van der Waals surface area (Å²) in [6.45, 7) is 3.08. The largest absolute Gasteiger partial charge is 0.378 e. The van der Waals surface area contributed by atoms with Crippen LogP contribution in [-0.4, -0.2) is 47.0 Å². The molecule has 0 amide bonds. The van der Waals surface area contributed by atoms with Gasteiger partial charge in [-0.15, -0.1) is 0 Å². The van der Waals surface area contributed by atoms with E-state index in [9.17, 15) is 0 Å². The number of anilines is 1. The zero-order valence-electron chi connectivity index (χ0n) is 15.0. The summed E-state index contributed by atoms with van der Waals surface area (Å²) < 4.78 is 5.42. The predicted octanol–water partition coefficient (Wildman–Crippen LogP) is 2.73. The molecule has 0 unspecified atom stereocenters. The van der Waals surface area contributed by atoms with Gasteiger partial charge in [-0.25, -0.2) is 19.9 Å². The molecule has 0 bridgehead atoms. The van der Waals surface area contributed by atoms with Gasteiger partial charge < -0.3 is 9.64 Å². The zero-order chi connectivity index (χ0) is 18.9. The van der Waals surface area contributed by atoms with Gasteiger partial charge in [0.15, 0.2) is 0 Å². The number of pyridine rings is 1. The molecule has 0 saturated carbocycles. The summed E-state index contributed by atoms with van der Waals surface area (Å²) in [7, 11) is 0. The molecule has 1 fully saturated rings. The molecule has 7 heteroatoms. The second-order valence-electron chi connectivity index (χ2n) is 6.59. The molecule has 2 aromatic heterocycles. The first kappa shape index (κ1) is 16.5. The summed E-state index contributed by atoms with van der Waals surface area (Å²) in [4.78, 5) is 19.7. The molecule has 0 atom stereocenters. The highest BCUT2D eigenvalue weighted by molar-refractivity contribution is 6.21. The third-order valence-electron chi connectivity index (χ3n) is 4.92. The van der Waals surface area contributed by atoms with Crippen molar-refractivity contribution in [1.82, 2.24) is 15.0 Å². The number of morpholine rings is 1. The van der Waals surface area contributed by atoms with Gasteiger partial charge in [0.1, 0.15) is 23.9 Å². The Kier molecular flexibility index (Phi) is 4.04. The Morgan fingerprint density at radius 3 is 2.68 bits per heavy atom. The lowest BCUT2D eigenvalue weighted by Crippen LogP contribution is -2.37. The summed E-state index contributed by atoms with van der Waals surface area (Å²) in [5.74, 6) is 0.897. The minimum Gasteiger partial charge on any atom is -0.378 e. The summed E-state index contributed by atoms with van der Waals surface area (Å²) >= 11 is 0. The lowest BCUT2D eigenvalue weighted by Gasteiger charge is -2.28. The van der Waals surface area contributed by atoms with Crippen LogP contribution in [0, 0.1) is 11.3 Å². The van der Waals surface area contributed by atoms with Crippen LogP contribution in [0.3, 0.4) is 0 Å². The maximum atomic E-state index is 9.09. The number of fused-ring (bicyclic) bond motifs is 1. The average molecular weight is 368 g/mol. The summed E-state index contributed by atoms with van der Waals surface area (Å²) in [5.41, 5.74) is 6.06. The molecule has 1 aromatic carbocycles. The molecular weight excluding hydrogens is 352 g/mol. The molecule has 4 heterocycles. The first-order valence-electron chi connectivity index (χ1n) is 9.06. The lowest BCUT2D eigenvalue weighted by molar-refractivity contribution is 0.122. The minimum absolute atomic E-state index is 0.403. The predicted molar refractivity (Wildman–Crippen MR) is 105 cm³/mol. The van der Waals surface area contributed by atoms with Crippen molar-refractivity contribution in [2.75, 3.05) is 31.2 Å². The van der Waals surface area contributed by atoms with Gasteiger partial charge in [-0.05, 0) is 35.4 Å². The van der Waals surface area contributed by atoms with Crippen molar-refractivity contribution in [3.05, 3.63) is 65.9 Å². The Labute approximate surface area is 162 Å². The van der Waals surface area contributed by atoms with Crippen molar-refractivity contribution in [2.24, 2.45) is 4.99 Å². The van der Waals surface area contributed by atoms with E-state index in [1.807, 2.05) is 24.3 Å². The highest BCUT2D eigenvalue weighted by Crippen LogP contribution is 2.36. The number of rotatable bonds is 3. The molecule has 0 spiro atoms. The minimum atomic E-state index is 0.403. The Morgan fingerprint density at radius 2 is 1.82 bits per heavy atom. The molecule has 2 aliphatic heterocycles. The van der Waals surface area contributed by atoms with Crippen LogP contribution in [0.1, 0.15) is 17.0 Å². The standard InChI is InChI=1S/C21H16N6O/c22-12-16-9-15(3-4-23-16)14-1-2-18-17(10-14)21(26-18)19-11-20(25-13-24-19)27-5-7-28-8-6-27/h1-4,9-11,13H,5-8H2.